The number of aldehydes is 1. The van der Waals surface area contributed by atoms with Crippen LogP contribution in [0.25, 0.3) is 12.2 Å². The van der Waals surface area contributed by atoms with E-state index in [9.17, 15) is 18.0 Å². The lowest BCUT2D eigenvalue weighted by Crippen LogP contribution is -2.06. The van der Waals surface area contributed by atoms with E-state index in [1.807, 2.05) is 31.2 Å². The Morgan fingerprint density at radius 1 is 1.06 bits per heavy atom. The number of aromatic nitrogens is 3. The maximum absolute atomic E-state index is 12.7. The van der Waals surface area contributed by atoms with E-state index in [4.69, 9.17) is 9.15 Å². The van der Waals surface area contributed by atoms with Crippen LogP contribution in [0.15, 0.2) is 65.3 Å². The molecule has 0 radical (unpaired) electrons. The van der Waals surface area contributed by atoms with E-state index < -0.39 is 11.7 Å². The van der Waals surface area contributed by atoms with Crippen LogP contribution in [0.4, 0.5) is 13.2 Å². The topological polar surface area (TPSA) is 70.2 Å². The number of hydrogen-bond acceptors (Lipinski definition) is 5. The molecule has 2 heterocycles. The van der Waals surface area contributed by atoms with Crippen molar-refractivity contribution in [3.63, 3.8) is 0 Å². The standard InChI is InChI=1S/C27H24F3N3O3/c1-19-24(36-26(32-19)12-7-20-3-8-22(9-4-20)27(28,29)30)17-21-5-10-23(11-6-21)35-16-2-14-33-15-13-31-25(33)18-34/h3-13,15,18H,2,14,16-17H2,1H3/b12-7+. The van der Waals surface area contributed by atoms with Gasteiger partial charge in [-0.2, -0.15) is 13.2 Å². The lowest BCUT2D eigenvalue weighted by Gasteiger charge is -2.08. The molecule has 0 unspecified atom stereocenters. The van der Waals surface area contributed by atoms with Crippen LogP contribution in [0.3, 0.4) is 0 Å². The Morgan fingerprint density at radius 2 is 1.81 bits per heavy atom. The number of imidazole rings is 1. The second kappa shape index (κ2) is 11.1. The minimum Gasteiger partial charge on any atom is -0.494 e. The summed E-state index contributed by atoms with van der Waals surface area (Å²) in [7, 11) is 0. The number of alkyl halides is 3. The molecule has 0 N–H and O–H groups in total. The Balaban J connectivity index is 1.29. The molecule has 4 aromatic rings. The van der Waals surface area contributed by atoms with Gasteiger partial charge < -0.3 is 13.7 Å². The molecule has 2 aromatic heterocycles. The fourth-order valence-corrected chi connectivity index (χ4v) is 3.58. The predicted molar refractivity (Wildman–Crippen MR) is 129 cm³/mol. The molecule has 0 aliphatic heterocycles. The van der Waals surface area contributed by atoms with Gasteiger partial charge in [0.1, 0.15) is 11.5 Å². The average molecular weight is 496 g/mol. The third kappa shape index (κ3) is 6.50. The smallest absolute Gasteiger partial charge is 0.416 e. The van der Waals surface area contributed by atoms with Gasteiger partial charge in [0.2, 0.25) is 5.89 Å². The first-order valence-electron chi connectivity index (χ1n) is 11.3. The first-order valence-corrected chi connectivity index (χ1v) is 11.3. The minimum atomic E-state index is -4.36. The van der Waals surface area contributed by atoms with Crippen molar-refractivity contribution in [2.45, 2.75) is 32.5 Å². The van der Waals surface area contributed by atoms with Crippen molar-refractivity contribution in [3.05, 3.63) is 101 Å². The number of oxazole rings is 1. The van der Waals surface area contributed by atoms with Crippen LogP contribution in [-0.2, 0) is 19.1 Å². The third-order valence-corrected chi connectivity index (χ3v) is 5.52. The number of ether oxygens (including phenoxy) is 1. The van der Waals surface area contributed by atoms with Crippen LogP contribution in [0.2, 0.25) is 0 Å². The van der Waals surface area contributed by atoms with Crippen molar-refractivity contribution in [3.8, 4) is 5.75 Å². The van der Waals surface area contributed by atoms with Gasteiger partial charge in [-0.25, -0.2) is 9.97 Å². The molecule has 0 fully saturated rings. The fraction of sp³-hybridized carbons (Fsp3) is 0.222. The van der Waals surface area contributed by atoms with Crippen LogP contribution in [-0.4, -0.2) is 27.4 Å². The Labute approximate surface area is 206 Å². The van der Waals surface area contributed by atoms with Crippen LogP contribution in [0, 0.1) is 6.92 Å². The highest BCUT2D eigenvalue weighted by molar-refractivity contribution is 5.69. The first kappa shape index (κ1) is 25.0. The highest BCUT2D eigenvalue weighted by Gasteiger charge is 2.29. The molecule has 36 heavy (non-hydrogen) atoms. The Bertz CT molecular complexity index is 1320. The van der Waals surface area contributed by atoms with Crippen molar-refractivity contribution >= 4 is 18.4 Å². The van der Waals surface area contributed by atoms with Crippen LogP contribution >= 0.6 is 0 Å². The number of carbonyl (C=O) groups is 1. The van der Waals surface area contributed by atoms with Gasteiger partial charge in [0.25, 0.3) is 0 Å². The molecule has 0 spiro atoms. The normalized spacial score (nSPS) is 11.8. The molecule has 0 aliphatic rings. The second-order valence-corrected chi connectivity index (χ2v) is 8.13. The summed E-state index contributed by atoms with van der Waals surface area (Å²) in [5, 5.41) is 0. The first-order chi connectivity index (χ1) is 17.3. The highest BCUT2D eigenvalue weighted by Crippen LogP contribution is 2.29. The Kier molecular flexibility index (Phi) is 7.68. The van der Waals surface area contributed by atoms with Gasteiger partial charge >= 0.3 is 6.18 Å². The lowest BCUT2D eigenvalue weighted by molar-refractivity contribution is -0.137. The van der Waals surface area contributed by atoms with Crippen molar-refractivity contribution in [1.82, 2.24) is 14.5 Å². The van der Waals surface area contributed by atoms with Gasteiger partial charge in [-0.3, -0.25) is 4.79 Å². The van der Waals surface area contributed by atoms with E-state index in [0.717, 1.165) is 41.8 Å². The number of rotatable bonds is 10. The molecule has 0 atom stereocenters. The summed E-state index contributed by atoms with van der Waals surface area (Å²) in [6, 6.07) is 12.6. The van der Waals surface area contributed by atoms with E-state index in [1.165, 1.54) is 12.1 Å². The molecule has 4 rings (SSSR count). The zero-order valence-electron chi connectivity index (χ0n) is 19.5. The zero-order chi connectivity index (χ0) is 25.5. The van der Waals surface area contributed by atoms with Gasteiger partial charge in [0.05, 0.1) is 17.9 Å². The average Bonchev–Trinajstić information content (AvgIpc) is 3.47. The Hall–Kier alpha value is -4.14. The second-order valence-electron chi connectivity index (χ2n) is 8.13. The van der Waals surface area contributed by atoms with Gasteiger partial charge in [-0.15, -0.1) is 0 Å². The number of carbonyl (C=O) groups excluding carboxylic acids is 1. The number of nitrogens with zero attached hydrogens (tertiary/aromatic N) is 3. The van der Waals surface area contributed by atoms with Crippen molar-refractivity contribution in [2.24, 2.45) is 0 Å². The van der Waals surface area contributed by atoms with E-state index in [0.29, 0.717) is 42.6 Å². The maximum atomic E-state index is 12.7. The number of halogens is 3. The predicted octanol–water partition coefficient (Wildman–Crippen LogP) is 6.24. The SMILES string of the molecule is Cc1nc(/C=C/c2ccc(C(F)(F)F)cc2)oc1Cc1ccc(OCCCn2ccnc2C=O)cc1. The Morgan fingerprint density at radius 3 is 2.50 bits per heavy atom. The van der Waals surface area contributed by atoms with Gasteiger partial charge in [0, 0.05) is 31.4 Å². The quantitative estimate of drug-likeness (QED) is 0.192. The van der Waals surface area contributed by atoms with Crippen LogP contribution < -0.4 is 4.74 Å². The number of benzene rings is 2. The van der Waals surface area contributed by atoms with Gasteiger partial charge in [0.15, 0.2) is 12.1 Å². The molecular formula is C27H24F3N3O3. The minimum absolute atomic E-state index is 0.387. The zero-order valence-corrected chi connectivity index (χ0v) is 19.5. The highest BCUT2D eigenvalue weighted by atomic mass is 19.4. The molecule has 186 valence electrons. The summed E-state index contributed by atoms with van der Waals surface area (Å²) in [5.74, 6) is 2.25. The van der Waals surface area contributed by atoms with Crippen LogP contribution in [0.5, 0.6) is 5.75 Å². The largest absolute Gasteiger partial charge is 0.494 e. The summed E-state index contributed by atoms with van der Waals surface area (Å²) in [5.41, 5.74) is 1.70. The summed E-state index contributed by atoms with van der Waals surface area (Å²) in [6.07, 6.45) is 4.31. The van der Waals surface area contributed by atoms with Crippen molar-refractivity contribution < 1.29 is 27.1 Å². The summed E-state index contributed by atoms with van der Waals surface area (Å²) >= 11 is 0. The van der Waals surface area contributed by atoms with Gasteiger partial charge in [-0.05, 0) is 54.8 Å². The molecule has 0 amide bonds. The molecule has 0 saturated carbocycles. The molecule has 6 nitrogen and oxygen atoms in total. The fourth-order valence-electron chi connectivity index (χ4n) is 3.58. The summed E-state index contributed by atoms with van der Waals surface area (Å²) in [4.78, 5) is 19.3. The summed E-state index contributed by atoms with van der Waals surface area (Å²) in [6.45, 7) is 3.00. The number of aryl methyl sites for hydroxylation is 2. The van der Waals surface area contributed by atoms with E-state index >= 15 is 0 Å². The molecule has 2 aromatic carbocycles. The maximum Gasteiger partial charge on any atom is 0.416 e. The molecule has 0 bridgehead atoms. The third-order valence-electron chi connectivity index (χ3n) is 5.52. The number of hydrogen-bond donors (Lipinski definition) is 0. The van der Waals surface area contributed by atoms with Gasteiger partial charge in [-0.1, -0.05) is 24.3 Å². The molecule has 0 aliphatic carbocycles. The summed E-state index contributed by atoms with van der Waals surface area (Å²) < 4.78 is 51.5. The van der Waals surface area contributed by atoms with Crippen LogP contribution in [0.1, 0.15) is 51.1 Å². The molecule has 9 heteroatoms. The van der Waals surface area contributed by atoms with Crippen molar-refractivity contribution in [1.29, 1.82) is 0 Å². The molecular weight excluding hydrogens is 471 g/mol. The van der Waals surface area contributed by atoms with E-state index in [-0.39, 0.29) is 0 Å². The van der Waals surface area contributed by atoms with E-state index in [2.05, 4.69) is 9.97 Å². The van der Waals surface area contributed by atoms with E-state index in [1.54, 1.807) is 29.1 Å². The van der Waals surface area contributed by atoms with Crippen molar-refractivity contribution in [2.75, 3.05) is 6.61 Å². The monoisotopic (exact) mass is 495 g/mol. The lowest BCUT2D eigenvalue weighted by atomic mass is 10.1. The molecule has 0 saturated heterocycles.